The number of rotatable bonds is 14. The van der Waals surface area contributed by atoms with Crippen LogP contribution >= 0.6 is 11.3 Å². The van der Waals surface area contributed by atoms with Crippen molar-refractivity contribution in [1.82, 2.24) is 9.62 Å². The normalized spacial score (nSPS) is 13.8. The number of aliphatic hydroxyl groups is 1. The fourth-order valence-corrected chi connectivity index (χ4v) is 5.67. The Bertz CT molecular complexity index is 1100. The summed E-state index contributed by atoms with van der Waals surface area (Å²) in [6.45, 7) is 3.73. The maximum Gasteiger partial charge on any atom is 0.416 e. The third-order valence-corrected chi connectivity index (χ3v) is 8.29. The van der Waals surface area contributed by atoms with Crippen molar-refractivity contribution in [2.24, 2.45) is 0 Å². The molecule has 0 spiro atoms. The highest BCUT2D eigenvalue weighted by Gasteiger charge is 2.34. The Morgan fingerprint density at radius 1 is 1.17 bits per heavy atom. The Balaban J connectivity index is 2.03. The lowest BCUT2D eigenvalue weighted by Crippen LogP contribution is -2.46. The molecule has 2 rings (SSSR count). The van der Waals surface area contributed by atoms with Crippen LogP contribution in [0.2, 0.25) is 0 Å². The van der Waals surface area contributed by atoms with Gasteiger partial charge in [0, 0.05) is 32.1 Å². The number of aryl methyl sites for hydroxylation is 2. The number of aliphatic hydroxyl groups excluding tert-OH is 1. The van der Waals surface area contributed by atoms with Gasteiger partial charge in [0.1, 0.15) is 0 Å². The van der Waals surface area contributed by atoms with Crippen molar-refractivity contribution in [2.75, 3.05) is 20.1 Å². The highest BCUT2D eigenvalue weighted by atomic mass is 32.2. The van der Waals surface area contributed by atoms with Crippen molar-refractivity contribution in [3.8, 4) is 0 Å². The summed E-state index contributed by atoms with van der Waals surface area (Å²) in [7, 11) is -3.19. The molecule has 1 heterocycles. The third-order valence-electron chi connectivity index (χ3n) is 5.76. The van der Waals surface area contributed by atoms with Crippen LogP contribution in [-0.4, -0.2) is 60.7 Å². The van der Waals surface area contributed by atoms with Gasteiger partial charge >= 0.3 is 12.1 Å². The van der Waals surface area contributed by atoms with Gasteiger partial charge < -0.3 is 15.5 Å². The first-order valence-corrected chi connectivity index (χ1v) is 13.8. The number of sulfonamides is 1. The SMILES string of the molecule is CN(CC(O)CNC(C)(C)CCCc1ccsc1)S(=O)(=O)c1cc(CCC(=O)O)cc(C(F)(F)F)c1. The molecule has 36 heavy (non-hydrogen) atoms. The average Bonchev–Trinajstić information content (AvgIpc) is 3.29. The van der Waals surface area contributed by atoms with E-state index in [1.54, 1.807) is 11.3 Å². The number of hydrogen-bond donors (Lipinski definition) is 3. The third kappa shape index (κ3) is 9.47. The van der Waals surface area contributed by atoms with Gasteiger partial charge in [-0.2, -0.15) is 28.8 Å². The number of carboxylic acids is 1. The fraction of sp³-hybridized carbons (Fsp3) is 0.542. The molecular weight excluding hydrogens is 517 g/mol. The molecule has 0 saturated carbocycles. The minimum Gasteiger partial charge on any atom is -0.481 e. The topological polar surface area (TPSA) is 107 Å². The zero-order valence-corrected chi connectivity index (χ0v) is 22.1. The van der Waals surface area contributed by atoms with E-state index in [1.165, 1.54) is 12.6 Å². The van der Waals surface area contributed by atoms with Crippen LogP contribution in [0.25, 0.3) is 0 Å². The number of carbonyl (C=O) groups is 1. The van der Waals surface area contributed by atoms with Gasteiger partial charge in [-0.15, -0.1) is 0 Å². The number of halogens is 3. The van der Waals surface area contributed by atoms with E-state index in [9.17, 15) is 31.5 Å². The monoisotopic (exact) mass is 550 g/mol. The zero-order chi connectivity index (χ0) is 27.1. The van der Waals surface area contributed by atoms with Crippen LogP contribution in [0.4, 0.5) is 13.2 Å². The van der Waals surface area contributed by atoms with E-state index in [-0.39, 0.29) is 30.6 Å². The number of alkyl halides is 3. The van der Waals surface area contributed by atoms with Gasteiger partial charge in [-0.1, -0.05) is 0 Å². The molecule has 12 heteroatoms. The first kappa shape index (κ1) is 30.2. The predicted octanol–water partition coefficient (Wildman–Crippen LogP) is 4.16. The first-order valence-electron chi connectivity index (χ1n) is 11.4. The first-order chi connectivity index (χ1) is 16.6. The van der Waals surface area contributed by atoms with Gasteiger partial charge in [0.05, 0.1) is 16.6 Å². The molecule has 0 radical (unpaired) electrons. The van der Waals surface area contributed by atoms with E-state index in [0.29, 0.717) is 6.07 Å². The van der Waals surface area contributed by atoms with Crippen LogP contribution in [0.5, 0.6) is 0 Å². The lowest BCUT2D eigenvalue weighted by atomic mass is 9.96. The van der Waals surface area contributed by atoms with E-state index < -0.39 is 45.2 Å². The Morgan fingerprint density at radius 3 is 2.44 bits per heavy atom. The van der Waals surface area contributed by atoms with Gasteiger partial charge in [-0.05, 0) is 85.7 Å². The molecule has 3 N–H and O–H groups in total. The number of thiophene rings is 1. The summed E-state index contributed by atoms with van der Waals surface area (Å²) in [5, 5.41) is 26.6. The van der Waals surface area contributed by atoms with Gasteiger partial charge in [-0.3, -0.25) is 4.79 Å². The number of carboxylic acid groups (broad SMARTS) is 1. The maximum atomic E-state index is 13.4. The molecule has 1 aromatic heterocycles. The Morgan fingerprint density at radius 2 is 1.86 bits per heavy atom. The molecule has 1 atom stereocenters. The van der Waals surface area contributed by atoms with Crippen LogP contribution < -0.4 is 5.32 Å². The molecular formula is C24H33F3N2O5S2. The molecule has 0 aliphatic rings. The maximum absolute atomic E-state index is 13.4. The molecule has 0 aliphatic carbocycles. The Labute approximate surface area is 214 Å². The minimum atomic E-state index is -4.81. The summed E-state index contributed by atoms with van der Waals surface area (Å²) >= 11 is 1.64. The second-order valence-corrected chi connectivity index (χ2v) is 12.3. The number of β-amino-alcohol motifs (C(OH)–C–C–N with tert-alkyl or cyclic N) is 1. The van der Waals surface area contributed by atoms with E-state index in [4.69, 9.17) is 5.11 Å². The van der Waals surface area contributed by atoms with E-state index in [2.05, 4.69) is 16.8 Å². The summed E-state index contributed by atoms with van der Waals surface area (Å²) in [5.74, 6) is -1.21. The molecule has 0 aliphatic heterocycles. The molecule has 7 nitrogen and oxygen atoms in total. The number of benzene rings is 1. The number of likely N-dealkylation sites (N-methyl/N-ethyl adjacent to an activating group) is 1. The van der Waals surface area contributed by atoms with E-state index in [0.717, 1.165) is 35.7 Å². The summed E-state index contributed by atoms with van der Waals surface area (Å²) in [6.07, 6.45) is -3.90. The van der Waals surface area contributed by atoms with Crippen LogP contribution in [0.3, 0.4) is 0 Å². The standard InChI is InChI=1S/C24H33F3N2O5S2/c1-23(2,9-4-5-17-8-10-35-16-17)28-14-20(30)15-29(3)36(33,34)21-12-18(6-7-22(31)32)11-19(13-21)24(25,26)27/h8,10-13,16,20,28,30H,4-7,9,14-15H2,1-3H3,(H,31,32). The number of nitrogens with one attached hydrogen (secondary N) is 1. The second-order valence-electron chi connectivity index (χ2n) is 9.45. The average molecular weight is 551 g/mol. The zero-order valence-electron chi connectivity index (χ0n) is 20.5. The van der Waals surface area contributed by atoms with Crippen LogP contribution in [0, 0.1) is 0 Å². The highest BCUT2D eigenvalue weighted by Crippen LogP contribution is 2.32. The summed E-state index contributed by atoms with van der Waals surface area (Å²) in [5.41, 5.74) is -0.271. The second kappa shape index (κ2) is 12.5. The van der Waals surface area contributed by atoms with Crippen LogP contribution in [0.15, 0.2) is 39.9 Å². The fourth-order valence-electron chi connectivity index (χ4n) is 3.66. The molecule has 1 unspecified atom stereocenters. The lowest BCUT2D eigenvalue weighted by Gasteiger charge is -2.29. The smallest absolute Gasteiger partial charge is 0.416 e. The lowest BCUT2D eigenvalue weighted by molar-refractivity contribution is -0.138. The quantitative estimate of drug-likeness (QED) is 0.326. The number of hydrogen-bond acceptors (Lipinski definition) is 6. The van der Waals surface area contributed by atoms with Crippen molar-refractivity contribution in [3.63, 3.8) is 0 Å². The summed E-state index contributed by atoms with van der Waals surface area (Å²) in [6, 6.07) is 4.40. The predicted molar refractivity (Wildman–Crippen MR) is 133 cm³/mol. The molecule has 2 aromatic rings. The van der Waals surface area contributed by atoms with Crippen molar-refractivity contribution in [1.29, 1.82) is 0 Å². The molecule has 0 amide bonds. The van der Waals surface area contributed by atoms with Crippen LogP contribution in [-0.2, 0) is 33.8 Å². The van der Waals surface area contributed by atoms with Gasteiger partial charge in [0.15, 0.2) is 0 Å². The molecule has 0 bridgehead atoms. The molecule has 202 valence electrons. The largest absolute Gasteiger partial charge is 0.481 e. The van der Waals surface area contributed by atoms with Gasteiger partial charge in [-0.25, -0.2) is 8.42 Å². The number of nitrogens with zero attached hydrogens (tertiary/aromatic N) is 1. The van der Waals surface area contributed by atoms with Gasteiger partial charge in [0.2, 0.25) is 10.0 Å². The summed E-state index contributed by atoms with van der Waals surface area (Å²) < 4.78 is 66.9. The van der Waals surface area contributed by atoms with E-state index >= 15 is 0 Å². The van der Waals surface area contributed by atoms with Gasteiger partial charge in [0.25, 0.3) is 0 Å². The Hall–Kier alpha value is -1.99. The van der Waals surface area contributed by atoms with E-state index in [1.807, 2.05) is 19.2 Å². The summed E-state index contributed by atoms with van der Waals surface area (Å²) in [4.78, 5) is 10.2. The minimum absolute atomic E-state index is 0.0504. The van der Waals surface area contributed by atoms with Crippen molar-refractivity contribution in [3.05, 3.63) is 51.7 Å². The molecule has 1 aromatic carbocycles. The van der Waals surface area contributed by atoms with Crippen LogP contribution in [0.1, 0.15) is 49.8 Å². The van der Waals surface area contributed by atoms with Crippen molar-refractivity contribution >= 4 is 27.3 Å². The number of aliphatic carboxylic acids is 1. The highest BCUT2D eigenvalue weighted by molar-refractivity contribution is 7.89. The van der Waals surface area contributed by atoms with Crippen molar-refractivity contribution < 1.29 is 36.6 Å². The molecule has 0 fully saturated rings. The van der Waals surface area contributed by atoms with Crippen molar-refractivity contribution in [2.45, 2.75) is 68.7 Å². The molecule has 0 saturated heterocycles. The Kier molecular flexibility index (Phi) is 10.5.